The van der Waals surface area contributed by atoms with Gasteiger partial charge >= 0.3 is 11.9 Å². The molecule has 2 unspecified atom stereocenters. The van der Waals surface area contributed by atoms with E-state index in [2.05, 4.69) is 9.72 Å². The van der Waals surface area contributed by atoms with Crippen LogP contribution in [0.4, 0.5) is 0 Å². The third kappa shape index (κ3) is 3.25. The minimum absolute atomic E-state index is 0.0260. The average molecular weight is 255 g/mol. The summed E-state index contributed by atoms with van der Waals surface area (Å²) in [6, 6.07) is 2.83. The van der Waals surface area contributed by atoms with Gasteiger partial charge in [-0.2, -0.15) is 0 Å². The number of carboxylic acids is 1. The van der Waals surface area contributed by atoms with E-state index in [4.69, 9.17) is 5.11 Å². The van der Waals surface area contributed by atoms with E-state index in [-0.39, 0.29) is 11.3 Å². The van der Waals surface area contributed by atoms with Crippen molar-refractivity contribution in [3.63, 3.8) is 0 Å². The molecule has 0 aliphatic carbocycles. The van der Waals surface area contributed by atoms with Gasteiger partial charge in [-0.3, -0.25) is 4.79 Å². The number of hydrogen-bond acceptors (Lipinski definition) is 6. The van der Waals surface area contributed by atoms with Crippen LogP contribution >= 0.6 is 0 Å². The van der Waals surface area contributed by atoms with Gasteiger partial charge in [-0.15, -0.1) is 0 Å². The number of pyridine rings is 1. The Bertz CT molecular complexity index is 447. The smallest absolute Gasteiger partial charge is 0.357 e. The van der Waals surface area contributed by atoms with Crippen LogP contribution < -0.4 is 0 Å². The molecule has 0 spiro atoms. The summed E-state index contributed by atoms with van der Waals surface area (Å²) in [5, 5.41) is 27.8. The number of aliphatic hydroxyl groups excluding tert-OH is 2. The van der Waals surface area contributed by atoms with Crippen LogP contribution in [0.3, 0.4) is 0 Å². The second-order valence-electron chi connectivity index (χ2n) is 3.54. The van der Waals surface area contributed by atoms with Crippen LogP contribution in [0.25, 0.3) is 0 Å². The van der Waals surface area contributed by atoms with Crippen molar-refractivity contribution in [2.75, 3.05) is 7.11 Å². The van der Waals surface area contributed by atoms with Gasteiger partial charge in [-0.05, 0) is 6.07 Å². The number of rotatable bonds is 5. The van der Waals surface area contributed by atoms with Gasteiger partial charge in [0.15, 0.2) is 5.69 Å². The zero-order chi connectivity index (χ0) is 13.7. The number of esters is 1. The normalized spacial score (nSPS) is 13.7. The van der Waals surface area contributed by atoms with Gasteiger partial charge in [-0.1, -0.05) is 6.07 Å². The molecule has 0 radical (unpaired) electrons. The zero-order valence-corrected chi connectivity index (χ0v) is 9.61. The number of hydrogen-bond donors (Lipinski definition) is 3. The second-order valence-corrected chi connectivity index (χ2v) is 3.54. The standard InChI is InChI=1S/C11H13NO6/c1-18-11(17)9-6(3-2-4-12-9)10(16)7(13)5-8(14)15/h2-4,7,10,13,16H,5H2,1H3,(H,14,15). The summed E-state index contributed by atoms with van der Waals surface area (Å²) in [6.45, 7) is 0. The van der Waals surface area contributed by atoms with E-state index in [1.165, 1.54) is 18.3 Å². The number of aliphatic hydroxyl groups is 2. The molecule has 1 rings (SSSR count). The Morgan fingerprint density at radius 2 is 2.11 bits per heavy atom. The van der Waals surface area contributed by atoms with E-state index >= 15 is 0 Å². The molecule has 3 N–H and O–H groups in total. The fourth-order valence-corrected chi connectivity index (χ4v) is 1.42. The summed E-state index contributed by atoms with van der Waals surface area (Å²) in [5.41, 5.74) is -0.130. The fraction of sp³-hybridized carbons (Fsp3) is 0.364. The highest BCUT2D eigenvalue weighted by atomic mass is 16.5. The molecule has 1 aromatic heterocycles. The van der Waals surface area contributed by atoms with Gasteiger partial charge in [-0.25, -0.2) is 9.78 Å². The van der Waals surface area contributed by atoms with Crippen LogP contribution in [0.15, 0.2) is 18.3 Å². The van der Waals surface area contributed by atoms with E-state index in [0.717, 1.165) is 7.11 Å². The number of carbonyl (C=O) groups excluding carboxylic acids is 1. The summed E-state index contributed by atoms with van der Waals surface area (Å²) in [7, 11) is 1.15. The first-order valence-electron chi connectivity index (χ1n) is 5.08. The van der Waals surface area contributed by atoms with Crippen LogP contribution in [0, 0.1) is 0 Å². The first-order chi connectivity index (χ1) is 8.47. The predicted octanol–water partition coefficient (Wildman–Crippen LogP) is -0.263. The van der Waals surface area contributed by atoms with Gasteiger partial charge < -0.3 is 20.1 Å². The Balaban J connectivity index is 3.01. The lowest BCUT2D eigenvalue weighted by atomic mass is 10.0. The molecule has 0 amide bonds. The van der Waals surface area contributed by atoms with Gasteiger partial charge in [0.2, 0.25) is 0 Å². The molecule has 7 nitrogen and oxygen atoms in total. The summed E-state index contributed by atoms with van der Waals surface area (Å²) < 4.78 is 4.48. The van der Waals surface area contributed by atoms with Crippen molar-refractivity contribution < 1.29 is 29.6 Å². The molecule has 0 aliphatic heterocycles. The highest BCUT2D eigenvalue weighted by molar-refractivity contribution is 5.88. The third-order valence-electron chi connectivity index (χ3n) is 2.28. The van der Waals surface area contributed by atoms with Crippen LogP contribution in [-0.2, 0) is 9.53 Å². The SMILES string of the molecule is COC(=O)c1ncccc1C(O)C(O)CC(=O)O. The maximum absolute atomic E-state index is 11.4. The zero-order valence-electron chi connectivity index (χ0n) is 9.61. The number of ether oxygens (including phenoxy) is 1. The molecule has 0 fully saturated rings. The van der Waals surface area contributed by atoms with Crippen molar-refractivity contribution in [3.05, 3.63) is 29.6 Å². The van der Waals surface area contributed by atoms with Crippen LogP contribution in [0.2, 0.25) is 0 Å². The molecular formula is C11H13NO6. The van der Waals surface area contributed by atoms with E-state index in [1.54, 1.807) is 0 Å². The first-order valence-corrected chi connectivity index (χ1v) is 5.08. The Morgan fingerprint density at radius 1 is 1.44 bits per heavy atom. The summed E-state index contributed by atoms with van der Waals surface area (Å²) in [4.78, 5) is 25.6. The van der Waals surface area contributed by atoms with Crippen molar-refractivity contribution >= 4 is 11.9 Å². The molecule has 7 heteroatoms. The quantitative estimate of drug-likeness (QED) is 0.620. The Morgan fingerprint density at radius 3 is 2.67 bits per heavy atom. The molecular weight excluding hydrogens is 242 g/mol. The van der Waals surface area contributed by atoms with E-state index in [1.807, 2.05) is 0 Å². The van der Waals surface area contributed by atoms with Crippen LogP contribution in [0.5, 0.6) is 0 Å². The predicted molar refractivity (Wildman–Crippen MR) is 58.8 cm³/mol. The number of carboxylic acid groups (broad SMARTS) is 1. The minimum atomic E-state index is -1.53. The van der Waals surface area contributed by atoms with Crippen molar-refractivity contribution in [1.29, 1.82) is 0 Å². The Labute approximate surface area is 103 Å². The summed E-state index contributed by atoms with van der Waals surface area (Å²) >= 11 is 0. The second kappa shape index (κ2) is 6.08. The van der Waals surface area contributed by atoms with Crippen molar-refractivity contribution in [1.82, 2.24) is 4.98 Å². The highest BCUT2D eigenvalue weighted by Crippen LogP contribution is 2.21. The number of aromatic nitrogens is 1. The lowest BCUT2D eigenvalue weighted by Crippen LogP contribution is -2.24. The number of aliphatic carboxylic acids is 1. The topological polar surface area (TPSA) is 117 Å². The van der Waals surface area contributed by atoms with Crippen LogP contribution in [0.1, 0.15) is 28.6 Å². The maximum Gasteiger partial charge on any atom is 0.357 e. The van der Waals surface area contributed by atoms with Crippen molar-refractivity contribution in [3.8, 4) is 0 Å². The highest BCUT2D eigenvalue weighted by Gasteiger charge is 2.26. The number of nitrogens with zero attached hydrogens (tertiary/aromatic N) is 1. The molecule has 1 heterocycles. The largest absolute Gasteiger partial charge is 0.481 e. The van der Waals surface area contributed by atoms with Gasteiger partial charge in [0.1, 0.15) is 6.10 Å². The summed E-state index contributed by atoms with van der Waals surface area (Å²) in [5.74, 6) is -2.03. The van der Waals surface area contributed by atoms with Gasteiger partial charge in [0, 0.05) is 11.8 Å². The summed E-state index contributed by atoms with van der Waals surface area (Å²) in [6.07, 6.45) is -2.37. The lowest BCUT2D eigenvalue weighted by molar-refractivity contribution is -0.141. The van der Waals surface area contributed by atoms with E-state index in [9.17, 15) is 19.8 Å². The number of methoxy groups -OCH3 is 1. The fourth-order valence-electron chi connectivity index (χ4n) is 1.42. The average Bonchev–Trinajstić information content (AvgIpc) is 2.36. The van der Waals surface area contributed by atoms with Gasteiger partial charge in [0.05, 0.1) is 19.6 Å². The molecule has 18 heavy (non-hydrogen) atoms. The lowest BCUT2D eigenvalue weighted by Gasteiger charge is -2.17. The third-order valence-corrected chi connectivity index (χ3v) is 2.28. The Kier molecular flexibility index (Phi) is 4.75. The van der Waals surface area contributed by atoms with Crippen LogP contribution in [-0.4, -0.2) is 45.5 Å². The molecule has 0 aliphatic rings. The van der Waals surface area contributed by atoms with Gasteiger partial charge in [0.25, 0.3) is 0 Å². The molecule has 0 aromatic carbocycles. The Hall–Kier alpha value is -1.99. The molecule has 0 saturated carbocycles. The molecule has 98 valence electrons. The molecule has 0 bridgehead atoms. The number of carbonyl (C=O) groups is 2. The molecule has 2 atom stereocenters. The van der Waals surface area contributed by atoms with E-state index < -0.39 is 30.6 Å². The molecule has 1 aromatic rings. The van der Waals surface area contributed by atoms with Crippen molar-refractivity contribution in [2.45, 2.75) is 18.6 Å². The maximum atomic E-state index is 11.4. The van der Waals surface area contributed by atoms with E-state index in [0.29, 0.717) is 0 Å². The monoisotopic (exact) mass is 255 g/mol. The minimum Gasteiger partial charge on any atom is -0.481 e. The van der Waals surface area contributed by atoms with Crippen molar-refractivity contribution in [2.24, 2.45) is 0 Å². The molecule has 0 saturated heterocycles. The first kappa shape index (κ1) is 14.1.